The predicted octanol–water partition coefficient (Wildman–Crippen LogP) is 2.59. The molecule has 0 unspecified atom stereocenters. The minimum Gasteiger partial charge on any atom is -0.338 e. The van der Waals surface area contributed by atoms with Crippen LogP contribution in [0.15, 0.2) is 30.3 Å². The maximum atomic E-state index is 13.0. The number of likely N-dealkylation sites (tertiary alicyclic amines) is 1. The first-order chi connectivity index (χ1) is 11.9. The minimum atomic E-state index is -0.288. The van der Waals surface area contributed by atoms with Crippen molar-refractivity contribution in [3.63, 3.8) is 0 Å². The summed E-state index contributed by atoms with van der Waals surface area (Å²) in [5, 5.41) is 7.39. The number of carbonyl (C=O) groups is 2. The number of hydrogen-bond donors (Lipinski definition) is 1. The third-order valence-electron chi connectivity index (χ3n) is 5.10. The summed E-state index contributed by atoms with van der Waals surface area (Å²) in [4.78, 5) is 26.9. The van der Waals surface area contributed by atoms with Crippen LogP contribution in [-0.4, -0.2) is 33.5 Å². The minimum absolute atomic E-state index is 0.0626. The zero-order chi connectivity index (χ0) is 18.1. The highest BCUT2D eigenvalue weighted by atomic mass is 16.2. The summed E-state index contributed by atoms with van der Waals surface area (Å²) in [5.41, 5.74) is 3.46. The third-order valence-corrected chi connectivity index (χ3v) is 5.10. The number of aryl methyl sites for hydroxylation is 2. The monoisotopic (exact) mass is 340 g/mol. The molecule has 1 N–H and O–H groups in total. The van der Waals surface area contributed by atoms with Gasteiger partial charge in [0, 0.05) is 20.5 Å². The second-order valence-corrected chi connectivity index (χ2v) is 6.66. The van der Waals surface area contributed by atoms with Gasteiger partial charge in [0.1, 0.15) is 0 Å². The van der Waals surface area contributed by atoms with Crippen LogP contribution in [0.25, 0.3) is 0 Å². The van der Waals surface area contributed by atoms with Crippen molar-refractivity contribution < 1.29 is 9.59 Å². The van der Waals surface area contributed by atoms with E-state index in [0.717, 1.165) is 22.6 Å². The fraction of sp³-hybridized carbons (Fsp3) is 0.421. The van der Waals surface area contributed by atoms with E-state index in [-0.39, 0.29) is 23.8 Å². The lowest BCUT2D eigenvalue weighted by atomic mass is 9.84. The van der Waals surface area contributed by atoms with E-state index >= 15 is 0 Å². The summed E-state index contributed by atoms with van der Waals surface area (Å²) >= 11 is 0. The molecule has 1 saturated heterocycles. The number of nitrogens with zero attached hydrogens (tertiary/aromatic N) is 3. The Kier molecular flexibility index (Phi) is 4.61. The zero-order valence-electron chi connectivity index (χ0n) is 15.1. The molecular formula is C19H24N4O2. The molecule has 2 aromatic rings. The van der Waals surface area contributed by atoms with Gasteiger partial charge < -0.3 is 10.2 Å². The largest absolute Gasteiger partial charge is 0.338 e. The summed E-state index contributed by atoms with van der Waals surface area (Å²) in [6, 6.07) is 9.51. The number of anilines is 1. The van der Waals surface area contributed by atoms with E-state index in [9.17, 15) is 9.59 Å². The number of aromatic nitrogens is 2. The summed E-state index contributed by atoms with van der Waals surface area (Å²) < 4.78 is 1.76. The average molecular weight is 340 g/mol. The van der Waals surface area contributed by atoms with Gasteiger partial charge in [-0.15, -0.1) is 0 Å². The molecule has 1 aliphatic heterocycles. The molecule has 1 fully saturated rings. The Morgan fingerprint density at radius 1 is 1.20 bits per heavy atom. The van der Waals surface area contributed by atoms with Crippen molar-refractivity contribution in [1.82, 2.24) is 14.7 Å². The lowest BCUT2D eigenvalue weighted by molar-refractivity contribution is -0.140. The molecule has 132 valence electrons. The van der Waals surface area contributed by atoms with Crippen LogP contribution in [0.4, 0.5) is 5.69 Å². The van der Waals surface area contributed by atoms with Gasteiger partial charge >= 0.3 is 0 Å². The number of nitrogens with one attached hydrogen (secondary N) is 1. The van der Waals surface area contributed by atoms with Gasteiger partial charge in [-0.2, -0.15) is 5.10 Å². The molecule has 0 aliphatic carbocycles. The molecule has 6 heteroatoms. The number of carbonyl (C=O) groups excluding carboxylic acids is 2. The summed E-state index contributed by atoms with van der Waals surface area (Å²) in [5.74, 6) is -0.275. The molecule has 0 saturated carbocycles. The molecule has 3 rings (SSSR count). The van der Waals surface area contributed by atoms with E-state index in [4.69, 9.17) is 0 Å². The van der Waals surface area contributed by atoms with Gasteiger partial charge in [-0.25, -0.2) is 0 Å². The van der Waals surface area contributed by atoms with Crippen LogP contribution in [0.2, 0.25) is 0 Å². The fourth-order valence-electron chi connectivity index (χ4n) is 3.59. The standard InChI is InChI=1S/C19H24N4O2/c1-12-17(13(2)23(4)21-12)20-19(25)15-10-11-16(24)22(3)18(15)14-8-6-5-7-9-14/h5-9,15,18H,10-11H2,1-4H3,(H,20,25)/t15-,18+/m0/s1. The van der Waals surface area contributed by atoms with Gasteiger partial charge in [0.05, 0.1) is 29.0 Å². The Bertz CT molecular complexity index is 797. The first-order valence-electron chi connectivity index (χ1n) is 8.51. The Balaban J connectivity index is 1.90. The maximum Gasteiger partial charge on any atom is 0.230 e. The fourth-order valence-corrected chi connectivity index (χ4v) is 3.59. The smallest absolute Gasteiger partial charge is 0.230 e. The number of rotatable bonds is 3. The molecule has 0 spiro atoms. The van der Waals surface area contributed by atoms with Gasteiger partial charge in [0.25, 0.3) is 0 Å². The van der Waals surface area contributed by atoms with Crippen molar-refractivity contribution in [3.05, 3.63) is 47.3 Å². The van der Waals surface area contributed by atoms with Crippen molar-refractivity contribution >= 4 is 17.5 Å². The SMILES string of the molecule is Cc1nn(C)c(C)c1NC(=O)[C@H]1CCC(=O)N(C)[C@@H]1c1ccccc1. The van der Waals surface area contributed by atoms with Crippen LogP contribution in [0.5, 0.6) is 0 Å². The van der Waals surface area contributed by atoms with E-state index in [1.165, 1.54) is 0 Å². The van der Waals surface area contributed by atoms with Gasteiger partial charge in [0.2, 0.25) is 11.8 Å². The summed E-state index contributed by atoms with van der Waals surface area (Å²) in [7, 11) is 3.64. The van der Waals surface area contributed by atoms with Crippen molar-refractivity contribution in [3.8, 4) is 0 Å². The molecule has 0 bridgehead atoms. The van der Waals surface area contributed by atoms with Crippen LogP contribution < -0.4 is 5.32 Å². The highest BCUT2D eigenvalue weighted by Gasteiger charge is 2.39. The van der Waals surface area contributed by atoms with E-state index in [1.54, 1.807) is 16.6 Å². The van der Waals surface area contributed by atoms with Crippen molar-refractivity contribution in [2.45, 2.75) is 32.7 Å². The quantitative estimate of drug-likeness (QED) is 0.934. The summed E-state index contributed by atoms with van der Waals surface area (Å²) in [6.07, 6.45) is 0.940. The number of amides is 2. The molecule has 2 amide bonds. The Labute approximate surface area is 147 Å². The predicted molar refractivity (Wildman–Crippen MR) is 96.0 cm³/mol. The van der Waals surface area contributed by atoms with Crippen LogP contribution in [0, 0.1) is 19.8 Å². The maximum absolute atomic E-state index is 13.0. The molecule has 2 atom stereocenters. The molecule has 2 heterocycles. The van der Waals surface area contributed by atoms with Gasteiger partial charge in [-0.3, -0.25) is 14.3 Å². The van der Waals surface area contributed by atoms with Gasteiger partial charge in [0.15, 0.2) is 0 Å². The first-order valence-corrected chi connectivity index (χ1v) is 8.51. The van der Waals surface area contributed by atoms with E-state index < -0.39 is 0 Å². The summed E-state index contributed by atoms with van der Waals surface area (Å²) in [6.45, 7) is 3.81. The van der Waals surface area contributed by atoms with Crippen molar-refractivity contribution in [2.24, 2.45) is 13.0 Å². The van der Waals surface area contributed by atoms with Gasteiger partial charge in [-0.1, -0.05) is 30.3 Å². The van der Waals surface area contributed by atoms with Crippen LogP contribution >= 0.6 is 0 Å². The topological polar surface area (TPSA) is 67.2 Å². The first kappa shape index (κ1) is 17.2. The van der Waals surface area contributed by atoms with E-state index in [2.05, 4.69) is 10.4 Å². The number of benzene rings is 1. The zero-order valence-corrected chi connectivity index (χ0v) is 15.1. The Hall–Kier alpha value is -2.63. The molecule has 1 aromatic heterocycles. The van der Waals surface area contributed by atoms with E-state index in [0.29, 0.717) is 12.8 Å². The lowest BCUT2D eigenvalue weighted by Gasteiger charge is -2.38. The Morgan fingerprint density at radius 3 is 2.48 bits per heavy atom. The second-order valence-electron chi connectivity index (χ2n) is 6.66. The Morgan fingerprint density at radius 2 is 1.88 bits per heavy atom. The second kappa shape index (κ2) is 6.70. The van der Waals surface area contributed by atoms with Gasteiger partial charge in [-0.05, 0) is 25.8 Å². The molecular weight excluding hydrogens is 316 g/mol. The number of hydrogen-bond acceptors (Lipinski definition) is 3. The molecule has 1 aromatic carbocycles. The average Bonchev–Trinajstić information content (AvgIpc) is 2.84. The van der Waals surface area contributed by atoms with Crippen LogP contribution in [-0.2, 0) is 16.6 Å². The van der Waals surface area contributed by atoms with Crippen molar-refractivity contribution in [1.29, 1.82) is 0 Å². The molecule has 0 radical (unpaired) electrons. The normalized spacial score (nSPS) is 20.6. The van der Waals surface area contributed by atoms with Crippen LogP contribution in [0.1, 0.15) is 35.8 Å². The highest BCUT2D eigenvalue weighted by molar-refractivity contribution is 5.95. The molecule has 25 heavy (non-hydrogen) atoms. The molecule has 6 nitrogen and oxygen atoms in total. The van der Waals surface area contributed by atoms with Crippen LogP contribution in [0.3, 0.4) is 0 Å². The molecule has 1 aliphatic rings. The number of piperidine rings is 1. The lowest BCUT2D eigenvalue weighted by Crippen LogP contribution is -2.44. The highest BCUT2D eigenvalue weighted by Crippen LogP contribution is 2.36. The van der Waals surface area contributed by atoms with E-state index in [1.807, 2.05) is 51.2 Å². The third kappa shape index (κ3) is 3.16. The van der Waals surface area contributed by atoms with Crippen molar-refractivity contribution in [2.75, 3.05) is 12.4 Å².